The molecule has 0 radical (unpaired) electrons. The molecule has 98 valence electrons. The molecule has 3 heteroatoms. The second-order valence-corrected chi connectivity index (χ2v) is 5.24. The van der Waals surface area contributed by atoms with Gasteiger partial charge in [0, 0.05) is 11.6 Å². The van der Waals surface area contributed by atoms with Crippen molar-refractivity contribution in [1.82, 2.24) is 9.78 Å². The van der Waals surface area contributed by atoms with Crippen molar-refractivity contribution in [2.75, 3.05) is 0 Å². The number of aromatic nitrogens is 2. The summed E-state index contributed by atoms with van der Waals surface area (Å²) in [6.45, 7) is 0.751. The van der Waals surface area contributed by atoms with Gasteiger partial charge in [0.25, 0.3) is 0 Å². The minimum atomic E-state index is 0.554. The zero-order chi connectivity index (χ0) is 13.1. The summed E-state index contributed by atoms with van der Waals surface area (Å²) in [5.74, 6) is 0.574. The van der Waals surface area contributed by atoms with Gasteiger partial charge in [0.15, 0.2) is 6.29 Å². The van der Waals surface area contributed by atoms with E-state index in [1.165, 1.54) is 36.9 Å². The average Bonchev–Trinajstić information content (AvgIpc) is 3.08. The van der Waals surface area contributed by atoms with E-state index in [2.05, 4.69) is 17.2 Å². The van der Waals surface area contributed by atoms with Crippen LogP contribution in [-0.4, -0.2) is 16.1 Å². The monoisotopic (exact) mass is 254 g/mol. The summed E-state index contributed by atoms with van der Waals surface area (Å²) in [5, 5.41) is 4.42. The average molecular weight is 254 g/mol. The van der Waals surface area contributed by atoms with E-state index in [4.69, 9.17) is 0 Å². The van der Waals surface area contributed by atoms with Crippen molar-refractivity contribution in [2.45, 2.75) is 38.1 Å². The van der Waals surface area contributed by atoms with Crippen molar-refractivity contribution >= 4 is 6.29 Å². The van der Waals surface area contributed by atoms with E-state index >= 15 is 0 Å². The van der Waals surface area contributed by atoms with Gasteiger partial charge in [-0.25, -0.2) is 0 Å². The molecule has 1 aromatic carbocycles. The topological polar surface area (TPSA) is 34.9 Å². The van der Waals surface area contributed by atoms with E-state index in [0.29, 0.717) is 11.6 Å². The summed E-state index contributed by atoms with van der Waals surface area (Å²) in [6, 6.07) is 12.2. The Morgan fingerprint density at radius 1 is 1.21 bits per heavy atom. The molecule has 0 amide bonds. The molecule has 0 unspecified atom stereocenters. The van der Waals surface area contributed by atoms with Crippen LogP contribution in [0.1, 0.15) is 53.3 Å². The molecule has 2 aromatic rings. The van der Waals surface area contributed by atoms with E-state index in [0.717, 1.165) is 12.8 Å². The van der Waals surface area contributed by atoms with Crippen LogP contribution in [0.5, 0.6) is 0 Å². The Kier molecular flexibility index (Phi) is 3.45. The highest BCUT2D eigenvalue weighted by Gasteiger charge is 2.22. The normalized spacial score (nSPS) is 15.8. The van der Waals surface area contributed by atoms with E-state index in [1.807, 2.05) is 28.9 Å². The standard InChI is InChI=1S/C16H18N2O/c19-12-15-10-16(14-8-4-5-9-14)18(17-15)11-13-6-2-1-3-7-13/h1-3,6-7,10,12,14H,4-5,8-9,11H2. The molecule has 1 saturated carbocycles. The Bertz CT molecular complexity index is 553. The third-order valence-corrected chi connectivity index (χ3v) is 3.90. The summed E-state index contributed by atoms with van der Waals surface area (Å²) in [6.07, 6.45) is 5.87. The second kappa shape index (κ2) is 5.39. The lowest BCUT2D eigenvalue weighted by molar-refractivity contribution is 0.111. The second-order valence-electron chi connectivity index (χ2n) is 5.24. The number of hydrogen-bond donors (Lipinski definition) is 0. The van der Waals surface area contributed by atoms with Crippen molar-refractivity contribution in [3.63, 3.8) is 0 Å². The molecular weight excluding hydrogens is 236 g/mol. The number of carbonyl (C=O) groups excluding carboxylic acids is 1. The van der Waals surface area contributed by atoms with Gasteiger partial charge in [0.05, 0.1) is 6.54 Å². The highest BCUT2D eigenvalue weighted by molar-refractivity contribution is 5.71. The van der Waals surface area contributed by atoms with Gasteiger partial charge in [0.2, 0.25) is 0 Å². The summed E-state index contributed by atoms with van der Waals surface area (Å²) < 4.78 is 2.01. The van der Waals surface area contributed by atoms with Crippen LogP contribution in [0, 0.1) is 0 Å². The fraction of sp³-hybridized carbons (Fsp3) is 0.375. The van der Waals surface area contributed by atoms with Crippen LogP contribution >= 0.6 is 0 Å². The SMILES string of the molecule is O=Cc1cc(C2CCCC2)n(Cc2ccccc2)n1. The molecule has 1 aliphatic rings. The predicted octanol–water partition coefficient (Wildman–Crippen LogP) is 3.40. The smallest absolute Gasteiger partial charge is 0.170 e. The Hall–Kier alpha value is -1.90. The van der Waals surface area contributed by atoms with E-state index < -0.39 is 0 Å². The Balaban J connectivity index is 1.90. The molecule has 1 fully saturated rings. The van der Waals surface area contributed by atoms with Crippen molar-refractivity contribution in [3.8, 4) is 0 Å². The fourth-order valence-electron chi connectivity index (χ4n) is 2.94. The van der Waals surface area contributed by atoms with Gasteiger partial charge in [0.1, 0.15) is 5.69 Å². The summed E-state index contributed by atoms with van der Waals surface area (Å²) in [4.78, 5) is 11.0. The molecule has 1 aromatic heterocycles. The maximum absolute atomic E-state index is 11.0. The zero-order valence-electron chi connectivity index (χ0n) is 11.0. The molecule has 0 aliphatic heterocycles. The summed E-state index contributed by atoms with van der Waals surface area (Å²) >= 11 is 0. The maximum Gasteiger partial charge on any atom is 0.170 e. The lowest BCUT2D eigenvalue weighted by Gasteiger charge is -2.12. The lowest BCUT2D eigenvalue weighted by atomic mass is 10.0. The van der Waals surface area contributed by atoms with E-state index in [-0.39, 0.29) is 0 Å². The first kappa shape index (κ1) is 12.2. The maximum atomic E-state index is 11.0. The number of nitrogens with zero attached hydrogens (tertiary/aromatic N) is 2. The van der Waals surface area contributed by atoms with Crippen LogP contribution in [0.25, 0.3) is 0 Å². The fourth-order valence-corrected chi connectivity index (χ4v) is 2.94. The van der Waals surface area contributed by atoms with Crippen LogP contribution in [0.4, 0.5) is 0 Å². The van der Waals surface area contributed by atoms with Crippen molar-refractivity contribution in [1.29, 1.82) is 0 Å². The number of benzene rings is 1. The lowest BCUT2D eigenvalue weighted by Crippen LogP contribution is -2.09. The van der Waals surface area contributed by atoms with Crippen LogP contribution in [-0.2, 0) is 6.54 Å². The number of rotatable bonds is 4. The highest BCUT2D eigenvalue weighted by Crippen LogP contribution is 2.34. The van der Waals surface area contributed by atoms with Gasteiger partial charge < -0.3 is 0 Å². The molecule has 0 saturated heterocycles. The van der Waals surface area contributed by atoms with Gasteiger partial charge in [-0.05, 0) is 24.5 Å². The van der Waals surface area contributed by atoms with Crippen LogP contribution < -0.4 is 0 Å². The summed E-state index contributed by atoms with van der Waals surface area (Å²) in [5.41, 5.74) is 3.00. The van der Waals surface area contributed by atoms with Crippen LogP contribution in [0.3, 0.4) is 0 Å². The van der Waals surface area contributed by atoms with Crippen LogP contribution in [0.15, 0.2) is 36.4 Å². The molecule has 3 rings (SSSR count). The first-order valence-electron chi connectivity index (χ1n) is 6.93. The van der Waals surface area contributed by atoms with Crippen molar-refractivity contribution < 1.29 is 4.79 Å². The largest absolute Gasteiger partial charge is 0.296 e. The molecule has 0 atom stereocenters. The molecule has 1 heterocycles. The van der Waals surface area contributed by atoms with Crippen molar-refractivity contribution in [2.24, 2.45) is 0 Å². The molecule has 0 N–H and O–H groups in total. The zero-order valence-corrected chi connectivity index (χ0v) is 11.0. The molecule has 19 heavy (non-hydrogen) atoms. The number of aldehydes is 1. The minimum Gasteiger partial charge on any atom is -0.296 e. The molecule has 1 aliphatic carbocycles. The van der Waals surface area contributed by atoms with Gasteiger partial charge in [-0.2, -0.15) is 5.10 Å². The molecule has 0 bridgehead atoms. The molecule has 3 nitrogen and oxygen atoms in total. The van der Waals surface area contributed by atoms with Crippen molar-refractivity contribution in [3.05, 3.63) is 53.3 Å². The van der Waals surface area contributed by atoms with E-state index in [9.17, 15) is 4.79 Å². The molecule has 0 spiro atoms. The van der Waals surface area contributed by atoms with E-state index in [1.54, 1.807) is 0 Å². The van der Waals surface area contributed by atoms with Gasteiger partial charge in [-0.15, -0.1) is 0 Å². The Morgan fingerprint density at radius 2 is 1.95 bits per heavy atom. The quantitative estimate of drug-likeness (QED) is 0.784. The third kappa shape index (κ3) is 2.60. The van der Waals surface area contributed by atoms with Gasteiger partial charge in [-0.3, -0.25) is 9.48 Å². The molecular formula is C16H18N2O. The van der Waals surface area contributed by atoms with Crippen LogP contribution in [0.2, 0.25) is 0 Å². The first-order chi connectivity index (χ1) is 9.36. The predicted molar refractivity (Wildman–Crippen MR) is 74.4 cm³/mol. The Morgan fingerprint density at radius 3 is 2.63 bits per heavy atom. The number of hydrogen-bond acceptors (Lipinski definition) is 2. The third-order valence-electron chi connectivity index (χ3n) is 3.90. The number of carbonyl (C=O) groups is 1. The van der Waals surface area contributed by atoms with Gasteiger partial charge in [-0.1, -0.05) is 43.2 Å². The van der Waals surface area contributed by atoms with Gasteiger partial charge >= 0.3 is 0 Å². The first-order valence-corrected chi connectivity index (χ1v) is 6.93. The Labute approximate surface area is 113 Å². The minimum absolute atomic E-state index is 0.554. The summed E-state index contributed by atoms with van der Waals surface area (Å²) in [7, 11) is 0. The highest BCUT2D eigenvalue weighted by atomic mass is 16.1.